The van der Waals surface area contributed by atoms with E-state index in [4.69, 9.17) is 9.47 Å². The molecule has 1 heterocycles. The minimum atomic E-state index is -1.21. The molecule has 4 rings (SSSR count). The average molecular weight is 443 g/mol. The maximum Gasteiger partial charge on any atom is 0.243 e. The summed E-state index contributed by atoms with van der Waals surface area (Å²) in [6.45, 7) is 6.67. The van der Waals surface area contributed by atoms with E-state index in [9.17, 15) is 10.1 Å². The first kappa shape index (κ1) is 22.8. The Bertz CT molecular complexity index is 1210. The molecule has 3 atom stereocenters. The highest BCUT2D eigenvalue weighted by atomic mass is 16.5. The van der Waals surface area contributed by atoms with Crippen LogP contribution in [-0.2, 0) is 16.0 Å². The fourth-order valence-corrected chi connectivity index (χ4v) is 4.86. The van der Waals surface area contributed by atoms with Crippen molar-refractivity contribution in [3.8, 4) is 22.9 Å². The fourth-order valence-electron chi connectivity index (χ4n) is 4.86. The second kappa shape index (κ2) is 9.25. The number of rotatable bonds is 5. The predicted octanol–water partition coefficient (Wildman–Crippen LogP) is 5.22. The highest BCUT2D eigenvalue weighted by molar-refractivity contribution is 5.94. The van der Waals surface area contributed by atoms with Crippen molar-refractivity contribution in [2.75, 3.05) is 20.2 Å². The molecule has 5 nitrogen and oxygen atoms in total. The van der Waals surface area contributed by atoms with Crippen LogP contribution in [0.4, 0.5) is 0 Å². The summed E-state index contributed by atoms with van der Waals surface area (Å²) in [5.41, 5.74) is 1.69. The second-order valence-corrected chi connectivity index (χ2v) is 9.10. The Labute approximate surface area is 195 Å². The van der Waals surface area contributed by atoms with Crippen LogP contribution in [0.15, 0.2) is 60.7 Å². The summed E-state index contributed by atoms with van der Waals surface area (Å²) in [6.07, 6.45) is 0.196. The maximum absolute atomic E-state index is 13.7. The van der Waals surface area contributed by atoms with Crippen molar-refractivity contribution >= 4 is 16.7 Å². The molecule has 33 heavy (non-hydrogen) atoms. The number of carbonyl (C=O) groups is 1. The number of hydrogen-bond acceptors (Lipinski definition) is 4. The van der Waals surface area contributed by atoms with Crippen molar-refractivity contribution in [2.45, 2.75) is 39.4 Å². The summed E-state index contributed by atoms with van der Waals surface area (Å²) in [7, 11) is 1.66. The number of fused-ring (bicyclic) bond motifs is 1. The zero-order chi connectivity index (χ0) is 23.6. The third-order valence-electron chi connectivity index (χ3n) is 6.39. The van der Waals surface area contributed by atoms with Gasteiger partial charge >= 0.3 is 0 Å². The number of carbonyl (C=O) groups excluding carboxylic acids is 1. The summed E-state index contributed by atoms with van der Waals surface area (Å²) in [5.74, 6) is 0.612. The van der Waals surface area contributed by atoms with Gasteiger partial charge in [0.15, 0.2) is 0 Å². The zero-order valence-electron chi connectivity index (χ0n) is 19.7. The van der Waals surface area contributed by atoms with Gasteiger partial charge in [-0.2, -0.15) is 5.26 Å². The van der Waals surface area contributed by atoms with Crippen molar-refractivity contribution in [1.29, 1.82) is 5.26 Å². The molecule has 170 valence electrons. The Balaban J connectivity index is 1.82. The van der Waals surface area contributed by atoms with Gasteiger partial charge in [0.05, 0.1) is 25.4 Å². The molecule has 0 radical (unpaired) electrons. The van der Waals surface area contributed by atoms with Gasteiger partial charge in [-0.1, -0.05) is 54.6 Å². The molecule has 1 fully saturated rings. The molecule has 0 bridgehead atoms. The van der Waals surface area contributed by atoms with Gasteiger partial charge in [-0.25, -0.2) is 0 Å². The molecule has 1 aliphatic rings. The number of benzene rings is 3. The topological polar surface area (TPSA) is 62.6 Å². The summed E-state index contributed by atoms with van der Waals surface area (Å²) in [6, 6.07) is 22.5. The van der Waals surface area contributed by atoms with Crippen LogP contribution in [0.1, 0.15) is 26.3 Å². The zero-order valence-corrected chi connectivity index (χ0v) is 19.7. The van der Waals surface area contributed by atoms with Crippen LogP contribution in [0, 0.1) is 16.7 Å². The Kier molecular flexibility index (Phi) is 6.40. The predicted molar refractivity (Wildman–Crippen MR) is 130 cm³/mol. The molecule has 0 N–H and O–H groups in total. The summed E-state index contributed by atoms with van der Waals surface area (Å²) >= 11 is 0. The molecule has 1 aliphatic heterocycles. The van der Waals surface area contributed by atoms with Crippen LogP contribution in [-0.4, -0.2) is 43.2 Å². The lowest BCUT2D eigenvalue weighted by Gasteiger charge is -2.38. The van der Waals surface area contributed by atoms with Crippen molar-refractivity contribution in [2.24, 2.45) is 5.41 Å². The Morgan fingerprint density at radius 3 is 2.42 bits per heavy atom. The van der Waals surface area contributed by atoms with Gasteiger partial charge in [0.1, 0.15) is 11.2 Å². The number of nitriles is 1. The summed E-state index contributed by atoms with van der Waals surface area (Å²) in [5, 5.41) is 12.4. The highest BCUT2D eigenvalue weighted by Gasteiger charge is 2.40. The maximum atomic E-state index is 13.7. The lowest BCUT2D eigenvalue weighted by molar-refractivity contribution is -0.150. The van der Waals surface area contributed by atoms with Crippen LogP contribution in [0.25, 0.3) is 21.9 Å². The number of hydrogen-bond donors (Lipinski definition) is 0. The molecule has 3 unspecified atom stereocenters. The Morgan fingerprint density at radius 2 is 1.73 bits per heavy atom. The van der Waals surface area contributed by atoms with E-state index in [1.54, 1.807) is 18.9 Å². The third kappa shape index (κ3) is 4.44. The van der Waals surface area contributed by atoms with Gasteiger partial charge in [-0.05, 0) is 48.7 Å². The smallest absolute Gasteiger partial charge is 0.243 e. The highest BCUT2D eigenvalue weighted by Crippen LogP contribution is 2.39. The number of ether oxygens (including phenoxy) is 2. The molecule has 0 aliphatic carbocycles. The standard InChI is InChI=1S/C28H30N2O3/c1-19-16-30(17-20(2)33-19)27(31)28(3,18-29)15-25-22-10-6-5-9-21(22)13-14-23(25)24-11-7-8-12-26(24)32-4/h5-14,19-20H,15-17H2,1-4H3. The van der Waals surface area contributed by atoms with Crippen LogP contribution in [0.5, 0.6) is 5.75 Å². The molecular weight excluding hydrogens is 412 g/mol. The average Bonchev–Trinajstić information content (AvgIpc) is 2.83. The van der Waals surface area contributed by atoms with E-state index >= 15 is 0 Å². The molecule has 1 amide bonds. The van der Waals surface area contributed by atoms with Crippen molar-refractivity contribution < 1.29 is 14.3 Å². The molecular formula is C28H30N2O3. The van der Waals surface area contributed by atoms with Gasteiger partial charge in [0, 0.05) is 25.1 Å². The monoisotopic (exact) mass is 442 g/mol. The first-order chi connectivity index (χ1) is 15.9. The van der Waals surface area contributed by atoms with E-state index < -0.39 is 5.41 Å². The number of nitrogens with zero attached hydrogens (tertiary/aromatic N) is 2. The van der Waals surface area contributed by atoms with E-state index in [1.807, 2.05) is 50.2 Å². The molecule has 0 spiro atoms. The normalized spacial score (nSPS) is 20.2. The number of amides is 1. The van der Waals surface area contributed by atoms with Crippen molar-refractivity contribution in [3.05, 3.63) is 66.2 Å². The number of methoxy groups -OCH3 is 1. The molecule has 0 aromatic heterocycles. The summed E-state index contributed by atoms with van der Waals surface area (Å²) < 4.78 is 11.4. The molecule has 3 aromatic carbocycles. The molecule has 5 heteroatoms. The van der Waals surface area contributed by atoms with Gasteiger partial charge in [0.25, 0.3) is 0 Å². The van der Waals surface area contributed by atoms with Crippen LogP contribution in [0.3, 0.4) is 0 Å². The SMILES string of the molecule is COc1ccccc1-c1ccc2ccccc2c1CC(C)(C#N)C(=O)N1CC(C)OC(C)C1. The molecule has 0 saturated carbocycles. The minimum absolute atomic E-state index is 0.0534. The van der Waals surface area contributed by atoms with Crippen molar-refractivity contribution in [3.63, 3.8) is 0 Å². The van der Waals surface area contributed by atoms with Gasteiger partial charge < -0.3 is 14.4 Å². The fraction of sp³-hybridized carbons (Fsp3) is 0.357. The van der Waals surface area contributed by atoms with E-state index in [0.29, 0.717) is 19.5 Å². The number of para-hydroxylation sites is 1. The van der Waals surface area contributed by atoms with Gasteiger partial charge in [-0.15, -0.1) is 0 Å². The molecule has 3 aromatic rings. The van der Waals surface area contributed by atoms with E-state index in [0.717, 1.165) is 33.2 Å². The van der Waals surface area contributed by atoms with Crippen LogP contribution >= 0.6 is 0 Å². The lowest BCUT2D eigenvalue weighted by Crippen LogP contribution is -2.52. The summed E-state index contributed by atoms with van der Waals surface area (Å²) in [4.78, 5) is 15.5. The quantitative estimate of drug-likeness (QED) is 0.543. The first-order valence-electron chi connectivity index (χ1n) is 11.4. The minimum Gasteiger partial charge on any atom is -0.496 e. The first-order valence-corrected chi connectivity index (χ1v) is 11.4. The second-order valence-electron chi connectivity index (χ2n) is 9.10. The van der Waals surface area contributed by atoms with E-state index in [-0.39, 0.29) is 18.1 Å². The van der Waals surface area contributed by atoms with Crippen LogP contribution < -0.4 is 4.74 Å². The van der Waals surface area contributed by atoms with Crippen LogP contribution in [0.2, 0.25) is 0 Å². The van der Waals surface area contributed by atoms with Gasteiger partial charge in [-0.3, -0.25) is 4.79 Å². The van der Waals surface area contributed by atoms with E-state index in [1.165, 1.54) is 0 Å². The van der Waals surface area contributed by atoms with Crippen molar-refractivity contribution in [1.82, 2.24) is 4.90 Å². The third-order valence-corrected chi connectivity index (χ3v) is 6.39. The lowest BCUT2D eigenvalue weighted by atomic mass is 9.79. The Hall–Kier alpha value is -3.36. The van der Waals surface area contributed by atoms with E-state index in [2.05, 4.69) is 30.3 Å². The molecule has 1 saturated heterocycles. The number of morpholine rings is 1. The largest absolute Gasteiger partial charge is 0.496 e. The van der Waals surface area contributed by atoms with Gasteiger partial charge in [0.2, 0.25) is 5.91 Å². The Morgan fingerprint density at radius 1 is 1.06 bits per heavy atom.